The fraction of sp³-hybridized carbons (Fsp3) is 0. The van der Waals surface area contributed by atoms with Crippen LogP contribution in [0.4, 0.5) is 26.2 Å². The first kappa shape index (κ1) is 13.4. The van der Waals surface area contributed by atoms with Crippen LogP contribution in [0.25, 0.3) is 0 Å². The molecule has 98 valence electrons. The van der Waals surface area contributed by atoms with Crippen molar-refractivity contribution in [2.24, 2.45) is 0 Å². The van der Waals surface area contributed by atoms with Gasteiger partial charge in [-0.05, 0) is 36.4 Å². The van der Waals surface area contributed by atoms with Crippen molar-refractivity contribution < 1.29 is 9.18 Å². The SMILES string of the molecule is Nc1cccc(NC(=O)Nc2ccc(Br)cc2F)c1. The van der Waals surface area contributed by atoms with Crippen molar-refractivity contribution in [1.29, 1.82) is 0 Å². The number of amides is 2. The highest BCUT2D eigenvalue weighted by Crippen LogP contribution is 2.19. The first-order valence-corrected chi connectivity index (χ1v) is 6.22. The van der Waals surface area contributed by atoms with Crippen molar-refractivity contribution in [3.05, 3.63) is 52.8 Å². The van der Waals surface area contributed by atoms with Crippen molar-refractivity contribution >= 4 is 39.0 Å². The van der Waals surface area contributed by atoms with Gasteiger partial charge in [-0.3, -0.25) is 0 Å². The molecule has 0 radical (unpaired) electrons. The number of nitrogens with one attached hydrogen (secondary N) is 2. The normalized spacial score (nSPS) is 10.0. The zero-order chi connectivity index (χ0) is 13.8. The predicted molar refractivity (Wildman–Crippen MR) is 77.6 cm³/mol. The maximum absolute atomic E-state index is 13.5. The molecular weight excluding hydrogens is 313 g/mol. The molecule has 19 heavy (non-hydrogen) atoms. The summed E-state index contributed by atoms with van der Waals surface area (Å²) < 4.78 is 14.1. The molecule has 2 amide bonds. The van der Waals surface area contributed by atoms with Crippen molar-refractivity contribution in [3.8, 4) is 0 Å². The minimum Gasteiger partial charge on any atom is -0.399 e. The Morgan fingerprint density at radius 3 is 2.63 bits per heavy atom. The Labute approximate surface area is 117 Å². The van der Waals surface area contributed by atoms with Crippen LogP contribution < -0.4 is 16.4 Å². The number of benzene rings is 2. The number of nitrogen functional groups attached to an aromatic ring is 1. The van der Waals surface area contributed by atoms with Gasteiger partial charge in [0, 0.05) is 15.8 Å². The van der Waals surface area contributed by atoms with Gasteiger partial charge in [0.05, 0.1) is 5.69 Å². The van der Waals surface area contributed by atoms with Crippen molar-refractivity contribution in [3.63, 3.8) is 0 Å². The highest BCUT2D eigenvalue weighted by Gasteiger charge is 2.07. The maximum atomic E-state index is 13.5. The van der Waals surface area contributed by atoms with Crippen LogP contribution in [0, 0.1) is 5.82 Å². The van der Waals surface area contributed by atoms with Crippen LogP contribution in [0.5, 0.6) is 0 Å². The quantitative estimate of drug-likeness (QED) is 0.735. The zero-order valence-electron chi connectivity index (χ0n) is 9.78. The molecule has 0 heterocycles. The Morgan fingerprint density at radius 2 is 1.95 bits per heavy atom. The Hall–Kier alpha value is -2.08. The van der Waals surface area contributed by atoms with E-state index in [9.17, 15) is 9.18 Å². The molecule has 0 aromatic heterocycles. The highest BCUT2D eigenvalue weighted by molar-refractivity contribution is 9.10. The van der Waals surface area contributed by atoms with E-state index in [1.807, 2.05) is 0 Å². The average molecular weight is 324 g/mol. The Morgan fingerprint density at radius 1 is 1.16 bits per heavy atom. The molecule has 2 rings (SSSR count). The van der Waals surface area contributed by atoms with Crippen molar-refractivity contribution in [1.82, 2.24) is 0 Å². The maximum Gasteiger partial charge on any atom is 0.323 e. The summed E-state index contributed by atoms with van der Waals surface area (Å²) in [6, 6.07) is 10.6. The summed E-state index contributed by atoms with van der Waals surface area (Å²) in [7, 11) is 0. The second kappa shape index (κ2) is 5.71. The van der Waals surface area contributed by atoms with E-state index in [2.05, 4.69) is 26.6 Å². The number of carbonyl (C=O) groups excluding carboxylic acids is 1. The van der Waals surface area contributed by atoms with Gasteiger partial charge in [-0.1, -0.05) is 22.0 Å². The molecular formula is C13H11BrFN3O. The molecule has 0 aliphatic carbocycles. The minimum absolute atomic E-state index is 0.101. The highest BCUT2D eigenvalue weighted by atomic mass is 79.9. The number of rotatable bonds is 2. The Kier molecular flexibility index (Phi) is 4.01. The van der Waals surface area contributed by atoms with E-state index in [0.29, 0.717) is 15.8 Å². The van der Waals surface area contributed by atoms with Gasteiger partial charge in [-0.15, -0.1) is 0 Å². The van der Waals surface area contributed by atoms with Gasteiger partial charge in [-0.25, -0.2) is 9.18 Å². The molecule has 0 aliphatic heterocycles. The van der Waals surface area contributed by atoms with Crippen LogP contribution in [-0.4, -0.2) is 6.03 Å². The first-order chi connectivity index (χ1) is 9.04. The zero-order valence-corrected chi connectivity index (χ0v) is 11.4. The van der Waals surface area contributed by atoms with Gasteiger partial charge in [0.1, 0.15) is 5.82 Å². The second-order valence-electron chi connectivity index (χ2n) is 3.83. The van der Waals surface area contributed by atoms with E-state index in [-0.39, 0.29) is 5.69 Å². The Bertz CT molecular complexity index is 619. The summed E-state index contributed by atoms with van der Waals surface area (Å²) in [6.07, 6.45) is 0. The molecule has 0 unspecified atom stereocenters. The van der Waals surface area contributed by atoms with Crippen molar-refractivity contribution in [2.45, 2.75) is 0 Å². The lowest BCUT2D eigenvalue weighted by atomic mass is 10.3. The van der Waals surface area contributed by atoms with E-state index < -0.39 is 11.8 Å². The van der Waals surface area contributed by atoms with Crippen LogP contribution in [0.3, 0.4) is 0 Å². The van der Waals surface area contributed by atoms with Crippen LogP contribution >= 0.6 is 15.9 Å². The second-order valence-corrected chi connectivity index (χ2v) is 4.74. The lowest BCUT2D eigenvalue weighted by Crippen LogP contribution is -2.20. The summed E-state index contributed by atoms with van der Waals surface area (Å²) in [4.78, 5) is 11.7. The number of carbonyl (C=O) groups is 1. The number of anilines is 3. The summed E-state index contributed by atoms with van der Waals surface area (Å²) in [5.74, 6) is -0.517. The van der Waals surface area contributed by atoms with Crippen LogP contribution in [-0.2, 0) is 0 Å². The topological polar surface area (TPSA) is 67.1 Å². The molecule has 0 saturated carbocycles. The third kappa shape index (κ3) is 3.69. The van der Waals surface area contributed by atoms with E-state index in [4.69, 9.17) is 5.73 Å². The minimum atomic E-state index is -0.535. The van der Waals surface area contributed by atoms with Gasteiger partial charge in [-0.2, -0.15) is 0 Å². The number of hydrogen-bond donors (Lipinski definition) is 3. The van der Waals surface area contributed by atoms with Crippen molar-refractivity contribution in [2.75, 3.05) is 16.4 Å². The van der Waals surface area contributed by atoms with E-state index >= 15 is 0 Å². The molecule has 0 fully saturated rings. The third-order valence-electron chi connectivity index (χ3n) is 2.32. The van der Waals surface area contributed by atoms with Gasteiger partial charge < -0.3 is 16.4 Å². The van der Waals surface area contributed by atoms with Crippen LogP contribution in [0.15, 0.2) is 46.9 Å². The van der Waals surface area contributed by atoms with Gasteiger partial charge in [0.2, 0.25) is 0 Å². The molecule has 4 nitrogen and oxygen atoms in total. The van der Waals surface area contributed by atoms with E-state index in [1.165, 1.54) is 12.1 Å². The predicted octanol–water partition coefficient (Wildman–Crippen LogP) is 3.81. The number of urea groups is 1. The molecule has 0 atom stereocenters. The third-order valence-corrected chi connectivity index (χ3v) is 2.82. The van der Waals surface area contributed by atoms with Crippen LogP contribution in [0.1, 0.15) is 0 Å². The molecule has 0 saturated heterocycles. The molecule has 0 spiro atoms. The van der Waals surface area contributed by atoms with Gasteiger partial charge in [0.15, 0.2) is 0 Å². The fourth-order valence-corrected chi connectivity index (χ4v) is 1.83. The lowest BCUT2D eigenvalue weighted by Gasteiger charge is -2.09. The fourth-order valence-electron chi connectivity index (χ4n) is 1.49. The number of hydrogen-bond acceptors (Lipinski definition) is 2. The summed E-state index contributed by atoms with van der Waals surface area (Å²) in [5, 5.41) is 4.98. The van der Waals surface area contributed by atoms with E-state index in [0.717, 1.165) is 0 Å². The molecule has 6 heteroatoms. The standard InChI is InChI=1S/C13H11BrFN3O/c14-8-4-5-12(11(15)6-8)18-13(19)17-10-3-1-2-9(16)7-10/h1-7H,16H2,(H2,17,18,19). The van der Waals surface area contributed by atoms with E-state index in [1.54, 1.807) is 30.3 Å². The Balaban J connectivity index is 2.05. The summed E-state index contributed by atoms with van der Waals surface area (Å²) in [5.41, 5.74) is 6.76. The summed E-state index contributed by atoms with van der Waals surface area (Å²) in [6.45, 7) is 0. The molecule has 2 aromatic carbocycles. The first-order valence-electron chi connectivity index (χ1n) is 5.43. The summed E-state index contributed by atoms with van der Waals surface area (Å²) >= 11 is 3.14. The smallest absolute Gasteiger partial charge is 0.323 e. The van der Waals surface area contributed by atoms with Gasteiger partial charge in [0.25, 0.3) is 0 Å². The number of halogens is 2. The largest absolute Gasteiger partial charge is 0.399 e. The lowest BCUT2D eigenvalue weighted by molar-refractivity contribution is 0.262. The average Bonchev–Trinajstić information content (AvgIpc) is 2.33. The molecule has 0 bridgehead atoms. The van der Waals surface area contributed by atoms with Crippen LogP contribution in [0.2, 0.25) is 0 Å². The molecule has 4 N–H and O–H groups in total. The monoisotopic (exact) mass is 323 g/mol. The number of nitrogens with two attached hydrogens (primary N) is 1. The molecule has 0 aliphatic rings. The molecule has 2 aromatic rings. The van der Waals surface area contributed by atoms with Gasteiger partial charge >= 0.3 is 6.03 Å².